The lowest BCUT2D eigenvalue weighted by Crippen LogP contribution is -2.76. The first-order valence-electron chi connectivity index (χ1n) is 17.5. The lowest BCUT2D eigenvalue weighted by molar-refractivity contribution is -0.129. The number of benzene rings is 2. The van der Waals surface area contributed by atoms with E-state index in [9.17, 15) is 18.5 Å². The Morgan fingerprint density at radius 1 is 1.02 bits per heavy atom. The molecule has 1 spiro atoms. The average molecular weight is 712 g/mol. The number of ether oxygens (including phenoxy) is 2. The second-order valence-electron chi connectivity index (χ2n) is 14.4. The van der Waals surface area contributed by atoms with E-state index < -0.39 is 27.5 Å². The Morgan fingerprint density at radius 2 is 1.75 bits per heavy atom. The van der Waals surface area contributed by atoms with Crippen molar-refractivity contribution >= 4 is 27.6 Å². The molecule has 1 N–H and O–H groups in total. The molecule has 14 heteroatoms. The van der Waals surface area contributed by atoms with Crippen LogP contribution in [0.5, 0.6) is 5.88 Å². The summed E-state index contributed by atoms with van der Waals surface area (Å²) in [5.41, 5.74) is -0.671. The van der Waals surface area contributed by atoms with Crippen LogP contribution in [0.25, 0.3) is 0 Å². The second kappa shape index (κ2) is 12.6. The van der Waals surface area contributed by atoms with Crippen molar-refractivity contribution in [3.05, 3.63) is 83.0 Å². The van der Waals surface area contributed by atoms with Crippen LogP contribution in [0.3, 0.4) is 0 Å². The number of aromatic nitrogens is 1. The van der Waals surface area contributed by atoms with Crippen LogP contribution in [0, 0.1) is 23.7 Å². The number of hydrogen-bond acceptors (Lipinski definition) is 10. The summed E-state index contributed by atoms with van der Waals surface area (Å²) in [5, 5.41) is 12.9. The zero-order chi connectivity index (χ0) is 35.5. The van der Waals surface area contributed by atoms with Crippen LogP contribution in [-0.2, 0) is 25.1 Å². The number of likely N-dealkylation sites (tertiary alicyclic amines) is 3. The molecule has 1 aromatic heterocycles. The monoisotopic (exact) mass is 711 g/mol. The topological polar surface area (TPSA) is 148 Å². The molecule has 0 aliphatic carbocycles. The molecule has 4 fully saturated rings. The highest BCUT2D eigenvalue weighted by atomic mass is 32.2. The summed E-state index contributed by atoms with van der Waals surface area (Å²) in [5.74, 6) is -0.845. The van der Waals surface area contributed by atoms with Gasteiger partial charge in [0.05, 0.1) is 53.6 Å². The Kier molecular flexibility index (Phi) is 8.29. The van der Waals surface area contributed by atoms with Crippen LogP contribution >= 0.6 is 0 Å². The summed E-state index contributed by atoms with van der Waals surface area (Å²) in [7, 11) is -4.47. The predicted molar refractivity (Wildman–Crippen MR) is 187 cm³/mol. The minimum absolute atomic E-state index is 0.0133. The van der Waals surface area contributed by atoms with Gasteiger partial charge in [-0.25, -0.2) is 18.2 Å². The number of nitrogens with one attached hydrogen (secondary N) is 1. The highest BCUT2D eigenvalue weighted by Crippen LogP contribution is 2.50. The molecule has 3 aromatic rings. The molecule has 5 aliphatic rings. The number of nitrogens with zero attached hydrogens (tertiary/aromatic N) is 6. The molecule has 266 valence electrons. The van der Waals surface area contributed by atoms with Crippen molar-refractivity contribution in [2.45, 2.75) is 49.2 Å². The van der Waals surface area contributed by atoms with E-state index in [1.807, 2.05) is 6.92 Å². The fourth-order valence-electron chi connectivity index (χ4n) is 8.36. The van der Waals surface area contributed by atoms with Crippen molar-refractivity contribution in [1.29, 1.82) is 5.26 Å². The number of carbonyl (C=O) groups excluding carboxylic acids is 2. The highest BCUT2D eigenvalue weighted by molar-refractivity contribution is 7.93. The van der Waals surface area contributed by atoms with Gasteiger partial charge in [-0.1, -0.05) is 17.7 Å². The Hall–Kier alpha value is -4.55. The van der Waals surface area contributed by atoms with E-state index in [1.54, 1.807) is 36.1 Å². The van der Waals surface area contributed by atoms with Crippen LogP contribution < -0.4 is 14.4 Å². The summed E-state index contributed by atoms with van der Waals surface area (Å²) >= 11 is 0. The molecule has 51 heavy (non-hydrogen) atoms. The number of carbonyl (C=O) groups is 2. The molecular formula is C37H41N7O6S. The smallest absolute Gasteiger partial charge is 0.318 e. The van der Waals surface area contributed by atoms with Crippen molar-refractivity contribution in [2.24, 2.45) is 5.41 Å². The summed E-state index contributed by atoms with van der Waals surface area (Å²) in [6.45, 7) is 10.5. The third-order valence-electron chi connectivity index (χ3n) is 11.1. The lowest BCUT2D eigenvalue weighted by Gasteiger charge is -2.62. The van der Waals surface area contributed by atoms with Gasteiger partial charge in [0.15, 0.2) is 5.54 Å². The second-order valence-corrected chi connectivity index (χ2v) is 16.2. The Morgan fingerprint density at radius 3 is 2.39 bits per heavy atom. The third kappa shape index (κ3) is 5.45. The number of aryl methyl sites for hydroxylation is 1. The van der Waals surface area contributed by atoms with Crippen molar-refractivity contribution in [1.82, 2.24) is 25.0 Å². The van der Waals surface area contributed by atoms with Crippen molar-refractivity contribution in [3.8, 4) is 11.9 Å². The van der Waals surface area contributed by atoms with Gasteiger partial charge < -0.3 is 19.7 Å². The molecule has 0 bridgehead atoms. The number of sulfonamides is 1. The molecule has 2 aromatic carbocycles. The van der Waals surface area contributed by atoms with E-state index in [0.29, 0.717) is 25.2 Å². The van der Waals surface area contributed by atoms with Gasteiger partial charge in [-0.3, -0.25) is 14.6 Å². The van der Waals surface area contributed by atoms with Gasteiger partial charge in [0, 0.05) is 62.5 Å². The minimum atomic E-state index is -4.47. The van der Waals surface area contributed by atoms with Gasteiger partial charge in [-0.05, 0) is 69.2 Å². The third-order valence-corrected chi connectivity index (χ3v) is 12.8. The molecule has 0 radical (unpaired) electrons. The van der Waals surface area contributed by atoms with Crippen LogP contribution in [0.2, 0.25) is 0 Å². The van der Waals surface area contributed by atoms with Crippen LogP contribution in [0.4, 0.5) is 10.5 Å². The summed E-state index contributed by atoms with van der Waals surface area (Å²) in [6, 6.07) is 16.5. The summed E-state index contributed by atoms with van der Waals surface area (Å²) < 4.78 is 40.6. The van der Waals surface area contributed by atoms with Crippen LogP contribution in [0.1, 0.15) is 42.0 Å². The Labute approximate surface area is 297 Å². The normalized spacial score (nSPS) is 23.6. The predicted octanol–water partition coefficient (Wildman–Crippen LogP) is 2.83. The largest absolute Gasteiger partial charge is 0.478 e. The number of pyridine rings is 1. The zero-order valence-electron chi connectivity index (χ0n) is 28.7. The van der Waals surface area contributed by atoms with Crippen molar-refractivity contribution in [2.75, 3.05) is 63.4 Å². The molecular weight excluding hydrogens is 671 g/mol. The van der Waals surface area contributed by atoms with Gasteiger partial charge in [0.1, 0.15) is 0 Å². The molecule has 4 saturated heterocycles. The molecule has 13 nitrogen and oxygen atoms in total. The molecule has 8 rings (SSSR count). The quantitative estimate of drug-likeness (QED) is 0.370. The van der Waals surface area contributed by atoms with Gasteiger partial charge >= 0.3 is 6.03 Å². The van der Waals surface area contributed by atoms with E-state index in [2.05, 4.69) is 26.2 Å². The summed E-state index contributed by atoms with van der Waals surface area (Å²) in [6.07, 6.45) is 3.76. The molecule has 1 atom stereocenters. The minimum Gasteiger partial charge on any atom is -0.478 e. The molecule has 5 aliphatic heterocycles. The van der Waals surface area contributed by atoms with Gasteiger partial charge in [0.25, 0.3) is 15.9 Å². The van der Waals surface area contributed by atoms with Gasteiger partial charge in [-0.2, -0.15) is 9.57 Å². The fourth-order valence-corrected chi connectivity index (χ4v) is 9.83. The number of anilines is 1. The number of rotatable bonds is 8. The highest BCUT2D eigenvalue weighted by Gasteiger charge is 2.61. The SMILES string of the molecule is CCOc1ncccc1C1(NC(=O)N2CC3(C2)CN(C2CCN(C4COC4)CC2)C3)C(=O)N(S(=O)(=O)c2ccc(C)cc2)c2ccc(C#N)cc21. The van der Waals surface area contributed by atoms with E-state index in [4.69, 9.17) is 9.47 Å². The average Bonchev–Trinajstić information content (AvgIpc) is 3.31. The molecule has 6 heterocycles. The van der Waals surface area contributed by atoms with Crippen LogP contribution in [0.15, 0.2) is 65.7 Å². The number of nitriles is 1. The molecule has 1 unspecified atom stereocenters. The van der Waals surface area contributed by atoms with Crippen molar-refractivity contribution < 1.29 is 27.5 Å². The van der Waals surface area contributed by atoms with Crippen LogP contribution in [-0.4, -0.2) is 111 Å². The first-order chi connectivity index (χ1) is 24.6. The maximum atomic E-state index is 15.0. The van der Waals surface area contributed by atoms with E-state index in [1.165, 1.54) is 36.5 Å². The maximum Gasteiger partial charge on any atom is 0.318 e. The Balaban J connectivity index is 1.09. The van der Waals surface area contributed by atoms with Crippen molar-refractivity contribution in [3.63, 3.8) is 0 Å². The number of urea groups is 1. The lowest BCUT2D eigenvalue weighted by atomic mass is 9.71. The van der Waals surface area contributed by atoms with E-state index in [0.717, 1.165) is 62.1 Å². The van der Waals surface area contributed by atoms with Gasteiger partial charge in [-0.15, -0.1) is 0 Å². The van der Waals surface area contributed by atoms with E-state index in [-0.39, 0.29) is 45.2 Å². The molecule has 0 saturated carbocycles. The number of piperidine rings is 1. The first-order valence-corrected chi connectivity index (χ1v) is 18.9. The standard InChI is InChI=1S/C37H41N7O6S/c1-3-50-33-30(5-4-14-39-33)37(31-17-26(18-38)8-11-32(31)44(34(37)45)51(47,48)29-9-6-25(2)7-10-29)40-35(46)43-23-36(24-43)21-42(22-36)27-12-15-41(16-13-27)28-19-49-20-28/h4-11,14,17,27-28H,3,12-13,15-16,19-24H2,1-2H3,(H,40,46). The first kappa shape index (κ1) is 33.6. The number of hydrogen-bond donors (Lipinski definition) is 1. The maximum absolute atomic E-state index is 15.0. The Bertz CT molecular complexity index is 2010. The molecule has 3 amide bonds. The van der Waals surface area contributed by atoms with Gasteiger partial charge in [0.2, 0.25) is 5.88 Å². The fraction of sp³-hybridized carbons (Fsp3) is 0.459. The van der Waals surface area contributed by atoms with E-state index >= 15 is 4.79 Å². The summed E-state index contributed by atoms with van der Waals surface area (Å²) in [4.78, 5) is 40.3. The number of amides is 3. The zero-order valence-corrected chi connectivity index (χ0v) is 29.6. The number of fused-ring (bicyclic) bond motifs is 1.